The molecule has 1 aromatic heterocycles. The van der Waals surface area contributed by atoms with Crippen molar-refractivity contribution in [1.82, 2.24) is 0 Å². The maximum absolute atomic E-state index is 13.4. The molecule has 0 aliphatic carbocycles. The van der Waals surface area contributed by atoms with Gasteiger partial charge in [-0.25, -0.2) is 13.2 Å². The Bertz CT molecular complexity index is 556. The highest BCUT2D eigenvalue weighted by atomic mass is 79.9. The van der Waals surface area contributed by atoms with Crippen LogP contribution in [0.1, 0.15) is 16.5 Å². The van der Waals surface area contributed by atoms with Gasteiger partial charge in [0.25, 0.3) is 0 Å². The van der Waals surface area contributed by atoms with E-state index in [-0.39, 0.29) is 5.56 Å². The summed E-state index contributed by atoms with van der Waals surface area (Å²) in [6.45, 7) is 0. The molecule has 0 saturated carbocycles. The summed E-state index contributed by atoms with van der Waals surface area (Å²) < 4.78 is 39.9. The smallest absolute Gasteiger partial charge is 0.194 e. The van der Waals surface area contributed by atoms with E-state index in [9.17, 15) is 18.3 Å². The molecule has 1 nitrogen and oxygen atoms in total. The summed E-state index contributed by atoms with van der Waals surface area (Å²) >= 11 is 4.39. The van der Waals surface area contributed by atoms with Gasteiger partial charge < -0.3 is 5.11 Å². The van der Waals surface area contributed by atoms with Gasteiger partial charge in [-0.15, -0.1) is 11.3 Å². The maximum atomic E-state index is 13.4. The number of thiophene rings is 1. The van der Waals surface area contributed by atoms with Gasteiger partial charge in [0.1, 0.15) is 6.10 Å². The molecule has 17 heavy (non-hydrogen) atoms. The Morgan fingerprint density at radius 2 is 1.76 bits per heavy atom. The molecule has 0 bridgehead atoms. The van der Waals surface area contributed by atoms with Crippen LogP contribution in [0.15, 0.2) is 28.1 Å². The average Bonchev–Trinajstić information content (AvgIpc) is 2.72. The van der Waals surface area contributed by atoms with Gasteiger partial charge in [0.2, 0.25) is 0 Å². The third-order valence-electron chi connectivity index (χ3n) is 2.22. The highest BCUT2D eigenvalue weighted by molar-refractivity contribution is 9.11. The Balaban J connectivity index is 2.44. The molecule has 0 spiro atoms. The third kappa shape index (κ3) is 2.38. The van der Waals surface area contributed by atoms with Crippen molar-refractivity contribution in [2.75, 3.05) is 0 Å². The average molecular weight is 323 g/mol. The molecular formula is C11H6BrF3OS. The van der Waals surface area contributed by atoms with Crippen LogP contribution in [0.5, 0.6) is 0 Å². The summed E-state index contributed by atoms with van der Waals surface area (Å²) in [5.41, 5.74) is -0.279. The minimum atomic E-state index is -1.57. The molecule has 90 valence electrons. The molecule has 1 N–H and O–H groups in total. The van der Waals surface area contributed by atoms with E-state index in [1.54, 1.807) is 12.1 Å². The van der Waals surface area contributed by atoms with Crippen LogP contribution in [0.2, 0.25) is 0 Å². The Kier molecular flexibility index (Phi) is 3.56. The highest BCUT2D eigenvalue weighted by Gasteiger charge is 2.21. The fraction of sp³-hybridized carbons (Fsp3) is 0.0909. The third-order valence-corrected chi connectivity index (χ3v) is 3.90. The fourth-order valence-electron chi connectivity index (χ4n) is 1.38. The van der Waals surface area contributed by atoms with Gasteiger partial charge in [0, 0.05) is 10.4 Å². The van der Waals surface area contributed by atoms with Crippen molar-refractivity contribution in [3.05, 3.63) is 55.9 Å². The predicted octanol–water partition coefficient (Wildman–Crippen LogP) is 4.01. The van der Waals surface area contributed by atoms with Crippen molar-refractivity contribution in [2.45, 2.75) is 6.10 Å². The van der Waals surface area contributed by atoms with Crippen LogP contribution in [-0.4, -0.2) is 5.11 Å². The molecule has 0 radical (unpaired) electrons. The van der Waals surface area contributed by atoms with E-state index in [1.807, 2.05) is 0 Å². The first-order chi connectivity index (χ1) is 8.00. The minimum absolute atomic E-state index is 0.279. The van der Waals surface area contributed by atoms with Gasteiger partial charge in [0.15, 0.2) is 17.5 Å². The predicted molar refractivity (Wildman–Crippen MR) is 62.4 cm³/mol. The first-order valence-electron chi connectivity index (χ1n) is 4.57. The second-order valence-electron chi connectivity index (χ2n) is 3.31. The summed E-state index contributed by atoms with van der Waals surface area (Å²) in [7, 11) is 0. The summed E-state index contributed by atoms with van der Waals surface area (Å²) in [5.74, 6) is -4.20. The van der Waals surface area contributed by atoms with Crippen molar-refractivity contribution < 1.29 is 18.3 Å². The lowest BCUT2D eigenvalue weighted by Crippen LogP contribution is -2.04. The van der Waals surface area contributed by atoms with Crippen molar-refractivity contribution in [1.29, 1.82) is 0 Å². The largest absolute Gasteiger partial charge is 0.383 e. The molecule has 0 saturated heterocycles. The topological polar surface area (TPSA) is 20.2 Å². The minimum Gasteiger partial charge on any atom is -0.383 e. The highest BCUT2D eigenvalue weighted by Crippen LogP contribution is 2.33. The van der Waals surface area contributed by atoms with E-state index >= 15 is 0 Å². The van der Waals surface area contributed by atoms with Crippen LogP contribution in [0, 0.1) is 17.5 Å². The Morgan fingerprint density at radius 3 is 2.35 bits per heavy atom. The molecule has 1 atom stereocenters. The molecular weight excluding hydrogens is 317 g/mol. The van der Waals surface area contributed by atoms with Crippen molar-refractivity contribution >= 4 is 27.3 Å². The summed E-state index contributed by atoms with van der Waals surface area (Å²) in [5, 5.41) is 9.86. The molecule has 1 unspecified atom stereocenters. The van der Waals surface area contributed by atoms with E-state index in [0.29, 0.717) is 4.88 Å². The second kappa shape index (κ2) is 4.80. The standard InChI is InChI=1S/C11H6BrF3OS/c12-8-4-3-7(17-8)11(16)5-1-2-6(13)10(15)9(5)14/h1-4,11,16H. The van der Waals surface area contributed by atoms with E-state index in [2.05, 4.69) is 15.9 Å². The summed E-state index contributed by atoms with van der Waals surface area (Å²) in [6.07, 6.45) is -1.30. The SMILES string of the molecule is OC(c1ccc(Br)s1)c1ccc(F)c(F)c1F. The molecule has 0 fully saturated rings. The van der Waals surface area contributed by atoms with E-state index in [1.165, 1.54) is 11.3 Å². The number of hydrogen-bond donors (Lipinski definition) is 1. The zero-order valence-electron chi connectivity index (χ0n) is 8.25. The maximum Gasteiger partial charge on any atom is 0.194 e. The van der Waals surface area contributed by atoms with Crippen molar-refractivity contribution in [2.24, 2.45) is 0 Å². The summed E-state index contributed by atoms with van der Waals surface area (Å²) in [4.78, 5) is 0.446. The van der Waals surface area contributed by atoms with Crippen LogP contribution in [0.4, 0.5) is 13.2 Å². The van der Waals surface area contributed by atoms with E-state index in [0.717, 1.165) is 15.9 Å². The van der Waals surface area contributed by atoms with Gasteiger partial charge in [-0.05, 0) is 40.2 Å². The van der Waals surface area contributed by atoms with Gasteiger partial charge in [-0.2, -0.15) is 0 Å². The molecule has 0 aliphatic heterocycles. The lowest BCUT2D eigenvalue weighted by atomic mass is 10.1. The van der Waals surface area contributed by atoms with Crippen LogP contribution >= 0.6 is 27.3 Å². The lowest BCUT2D eigenvalue weighted by molar-refractivity contribution is 0.216. The number of aliphatic hydroxyl groups is 1. The Hall–Kier alpha value is -0.850. The zero-order chi connectivity index (χ0) is 12.6. The molecule has 0 amide bonds. The van der Waals surface area contributed by atoms with Gasteiger partial charge in [0.05, 0.1) is 3.79 Å². The molecule has 6 heteroatoms. The van der Waals surface area contributed by atoms with Crippen molar-refractivity contribution in [3.8, 4) is 0 Å². The Morgan fingerprint density at radius 1 is 1.06 bits per heavy atom. The normalized spacial score (nSPS) is 12.8. The van der Waals surface area contributed by atoms with E-state index in [4.69, 9.17) is 0 Å². The quantitative estimate of drug-likeness (QED) is 0.828. The van der Waals surface area contributed by atoms with Crippen molar-refractivity contribution in [3.63, 3.8) is 0 Å². The number of hydrogen-bond acceptors (Lipinski definition) is 2. The molecule has 2 aromatic rings. The Labute approximate surface area is 108 Å². The van der Waals surface area contributed by atoms with Gasteiger partial charge in [-0.3, -0.25) is 0 Å². The number of benzene rings is 1. The fourth-order valence-corrected chi connectivity index (χ4v) is 2.81. The zero-order valence-corrected chi connectivity index (χ0v) is 10.7. The second-order valence-corrected chi connectivity index (χ2v) is 5.80. The van der Waals surface area contributed by atoms with Crippen LogP contribution in [-0.2, 0) is 0 Å². The molecule has 0 aliphatic rings. The number of halogens is 4. The molecule has 1 heterocycles. The summed E-state index contributed by atoms with van der Waals surface area (Å²) in [6, 6.07) is 5.09. The molecule has 2 rings (SSSR count). The van der Waals surface area contributed by atoms with Crippen LogP contribution < -0.4 is 0 Å². The first-order valence-corrected chi connectivity index (χ1v) is 6.18. The van der Waals surface area contributed by atoms with Gasteiger partial charge >= 0.3 is 0 Å². The van der Waals surface area contributed by atoms with E-state index < -0.39 is 23.6 Å². The molecule has 1 aromatic carbocycles. The monoisotopic (exact) mass is 322 g/mol. The first kappa shape index (κ1) is 12.6. The van der Waals surface area contributed by atoms with Gasteiger partial charge in [-0.1, -0.05) is 0 Å². The van der Waals surface area contributed by atoms with Crippen LogP contribution in [0.3, 0.4) is 0 Å². The number of rotatable bonds is 2. The van der Waals surface area contributed by atoms with Crippen LogP contribution in [0.25, 0.3) is 0 Å². The number of aliphatic hydroxyl groups excluding tert-OH is 1. The lowest BCUT2D eigenvalue weighted by Gasteiger charge is -2.10.